The second-order valence-corrected chi connectivity index (χ2v) is 6.32. The molecule has 3 aromatic rings. The van der Waals surface area contributed by atoms with E-state index >= 15 is 0 Å². The summed E-state index contributed by atoms with van der Waals surface area (Å²) in [4.78, 5) is 28.4. The molecule has 0 aliphatic carbocycles. The van der Waals surface area contributed by atoms with E-state index in [1.165, 1.54) is 11.8 Å². The lowest BCUT2D eigenvalue weighted by atomic mass is 10.1. The first kappa shape index (κ1) is 16.9. The number of carboxylic acids is 1. The highest BCUT2D eigenvalue weighted by atomic mass is 32.2. The zero-order valence-electron chi connectivity index (χ0n) is 12.9. The molecule has 0 amide bonds. The van der Waals surface area contributed by atoms with Crippen LogP contribution in [0.15, 0.2) is 64.5 Å². The van der Waals surface area contributed by atoms with Crippen molar-refractivity contribution in [1.82, 2.24) is 4.98 Å². The number of fused-ring (bicyclic) bond motifs is 1. The SMILES string of the molecule is NC(C(=O)O)C(=O)c1nc(Sc2ccccc2)c2ccccc2c1O. The molecular weight excluding hydrogens is 340 g/mol. The van der Waals surface area contributed by atoms with Crippen molar-refractivity contribution in [3.63, 3.8) is 0 Å². The number of carbonyl (C=O) groups excluding carboxylic acids is 1. The van der Waals surface area contributed by atoms with Crippen molar-refractivity contribution in [3.05, 3.63) is 60.3 Å². The largest absolute Gasteiger partial charge is 0.505 e. The molecule has 3 rings (SSSR count). The third kappa shape index (κ3) is 3.33. The van der Waals surface area contributed by atoms with Gasteiger partial charge in [0.15, 0.2) is 17.5 Å². The number of aromatic nitrogens is 1. The number of Topliss-reactive ketones (excluding diaryl/α,β-unsaturated/α-hetero) is 1. The molecule has 126 valence electrons. The number of pyridine rings is 1. The molecule has 1 atom stereocenters. The van der Waals surface area contributed by atoms with Crippen molar-refractivity contribution in [2.75, 3.05) is 0 Å². The number of benzene rings is 2. The molecule has 0 bridgehead atoms. The molecule has 0 aliphatic rings. The first-order chi connectivity index (χ1) is 12.0. The van der Waals surface area contributed by atoms with E-state index in [0.717, 1.165) is 4.90 Å². The van der Waals surface area contributed by atoms with Gasteiger partial charge < -0.3 is 15.9 Å². The summed E-state index contributed by atoms with van der Waals surface area (Å²) >= 11 is 1.31. The Kier molecular flexibility index (Phi) is 4.69. The van der Waals surface area contributed by atoms with E-state index in [-0.39, 0.29) is 11.4 Å². The summed E-state index contributed by atoms with van der Waals surface area (Å²) in [6.07, 6.45) is 0. The molecule has 0 fully saturated rings. The minimum absolute atomic E-state index is 0.341. The molecule has 25 heavy (non-hydrogen) atoms. The number of rotatable bonds is 5. The first-order valence-electron chi connectivity index (χ1n) is 7.36. The van der Waals surface area contributed by atoms with E-state index < -0.39 is 17.8 Å². The Morgan fingerprint density at radius 2 is 1.60 bits per heavy atom. The van der Waals surface area contributed by atoms with Crippen molar-refractivity contribution >= 4 is 34.3 Å². The maximum atomic E-state index is 12.3. The van der Waals surface area contributed by atoms with Crippen molar-refractivity contribution in [1.29, 1.82) is 0 Å². The fourth-order valence-corrected chi connectivity index (χ4v) is 3.27. The van der Waals surface area contributed by atoms with Gasteiger partial charge >= 0.3 is 5.97 Å². The highest BCUT2D eigenvalue weighted by Crippen LogP contribution is 2.37. The number of carbonyl (C=O) groups is 2. The number of nitrogens with two attached hydrogens (primary N) is 1. The lowest BCUT2D eigenvalue weighted by molar-refractivity contribution is -0.137. The van der Waals surface area contributed by atoms with E-state index in [9.17, 15) is 14.7 Å². The molecule has 0 aliphatic heterocycles. The fourth-order valence-electron chi connectivity index (χ4n) is 2.33. The average molecular weight is 354 g/mol. The van der Waals surface area contributed by atoms with Crippen LogP contribution in [0.1, 0.15) is 10.5 Å². The van der Waals surface area contributed by atoms with Gasteiger partial charge in [-0.25, -0.2) is 4.98 Å². The minimum Gasteiger partial charge on any atom is -0.505 e. The van der Waals surface area contributed by atoms with Crippen LogP contribution in [-0.2, 0) is 4.79 Å². The van der Waals surface area contributed by atoms with Crippen LogP contribution < -0.4 is 5.73 Å². The third-order valence-electron chi connectivity index (χ3n) is 3.59. The van der Waals surface area contributed by atoms with Crippen molar-refractivity contribution in [2.45, 2.75) is 16.0 Å². The highest BCUT2D eigenvalue weighted by molar-refractivity contribution is 7.99. The molecule has 6 nitrogen and oxygen atoms in total. The Bertz CT molecular complexity index is 960. The van der Waals surface area contributed by atoms with Gasteiger partial charge in [-0.1, -0.05) is 54.2 Å². The van der Waals surface area contributed by atoms with Gasteiger partial charge in [0, 0.05) is 15.7 Å². The van der Waals surface area contributed by atoms with Gasteiger partial charge in [0.05, 0.1) is 0 Å². The Labute approximate surface area is 147 Å². The van der Waals surface area contributed by atoms with E-state index in [2.05, 4.69) is 4.98 Å². The van der Waals surface area contributed by atoms with Crippen LogP contribution in [0.5, 0.6) is 5.75 Å². The summed E-state index contributed by atoms with van der Waals surface area (Å²) in [5, 5.41) is 20.9. The molecule has 0 saturated carbocycles. The monoisotopic (exact) mass is 354 g/mol. The lowest BCUT2D eigenvalue weighted by Crippen LogP contribution is -2.39. The molecular formula is C18H14N2O4S. The van der Waals surface area contributed by atoms with Crippen molar-refractivity contribution in [3.8, 4) is 5.75 Å². The fraction of sp³-hybridized carbons (Fsp3) is 0.0556. The summed E-state index contributed by atoms with van der Waals surface area (Å²) in [6, 6.07) is 14.5. The Balaban J connectivity index is 2.17. The third-order valence-corrected chi connectivity index (χ3v) is 4.60. The van der Waals surface area contributed by atoms with Crippen LogP contribution in [0, 0.1) is 0 Å². The Hall–Kier alpha value is -2.90. The molecule has 7 heteroatoms. The summed E-state index contributed by atoms with van der Waals surface area (Å²) < 4.78 is 0. The van der Waals surface area contributed by atoms with E-state index in [1.807, 2.05) is 30.3 Å². The van der Waals surface area contributed by atoms with Crippen LogP contribution in [0.2, 0.25) is 0 Å². The standard InChI is InChI=1S/C18H14N2O4S/c19-13(18(23)24)16(22)14-15(21)11-8-4-5-9-12(11)17(20-14)25-10-6-2-1-3-7-10/h1-9,13,21H,19H2,(H,23,24). The zero-order valence-corrected chi connectivity index (χ0v) is 13.7. The normalized spacial score (nSPS) is 12.0. The Morgan fingerprint density at radius 1 is 1.00 bits per heavy atom. The summed E-state index contributed by atoms with van der Waals surface area (Å²) in [7, 11) is 0. The maximum Gasteiger partial charge on any atom is 0.328 e. The molecule has 0 saturated heterocycles. The van der Waals surface area contributed by atoms with Crippen LogP contribution in [0.3, 0.4) is 0 Å². The molecule has 4 N–H and O–H groups in total. The number of aliphatic carboxylic acids is 1. The van der Waals surface area contributed by atoms with Crippen LogP contribution >= 0.6 is 11.8 Å². The number of ketones is 1. The predicted molar refractivity (Wildman–Crippen MR) is 93.9 cm³/mol. The number of carboxylic acid groups (broad SMARTS) is 1. The van der Waals surface area contributed by atoms with E-state index in [1.54, 1.807) is 24.3 Å². The summed E-state index contributed by atoms with van der Waals surface area (Å²) in [5.74, 6) is -2.78. The van der Waals surface area contributed by atoms with Gasteiger partial charge in [-0.3, -0.25) is 9.59 Å². The molecule has 1 aromatic heterocycles. The average Bonchev–Trinajstić information content (AvgIpc) is 2.63. The summed E-state index contributed by atoms with van der Waals surface area (Å²) in [6.45, 7) is 0. The van der Waals surface area contributed by atoms with Crippen molar-refractivity contribution in [2.24, 2.45) is 5.73 Å². The van der Waals surface area contributed by atoms with Gasteiger partial charge in [-0.05, 0) is 12.1 Å². The van der Waals surface area contributed by atoms with Gasteiger partial charge in [0.2, 0.25) is 5.78 Å². The van der Waals surface area contributed by atoms with Crippen molar-refractivity contribution < 1.29 is 19.8 Å². The molecule has 1 heterocycles. The first-order valence-corrected chi connectivity index (χ1v) is 8.18. The highest BCUT2D eigenvalue weighted by Gasteiger charge is 2.28. The molecule has 0 radical (unpaired) electrons. The minimum atomic E-state index is -1.78. The van der Waals surface area contributed by atoms with Gasteiger partial charge in [0.25, 0.3) is 0 Å². The quantitative estimate of drug-likeness (QED) is 0.477. The predicted octanol–water partition coefficient (Wildman–Crippen LogP) is 2.69. The van der Waals surface area contributed by atoms with Gasteiger partial charge in [0.1, 0.15) is 5.03 Å². The number of hydrogen-bond donors (Lipinski definition) is 3. The number of aromatic hydroxyl groups is 1. The van der Waals surface area contributed by atoms with Crippen LogP contribution in [0.4, 0.5) is 0 Å². The summed E-state index contributed by atoms with van der Waals surface area (Å²) in [5.41, 5.74) is 5.06. The van der Waals surface area contributed by atoms with Crippen LogP contribution in [-0.4, -0.2) is 33.0 Å². The second kappa shape index (κ2) is 6.92. The number of nitrogens with zero attached hydrogens (tertiary/aromatic N) is 1. The number of hydrogen-bond acceptors (Lipinski definition) is 6. The van der Waals surface area contributed by atoms with Gasteiger partial charge in [-0.2, -0.15) is 0 Å². The van der Waals surface area contributed by atoms with E-state index in [4.69, 9.17) is 10.8 Å². The second-order valence-electron chi connectivity index (χ2n) is 5.26. The molecule has 1 unspecified atom stereocenters. The van der Waals surface area contributed by atoms with Gasteiger partial charge in [-0.15, -0.1) is 0 Å². The topological polar surface area (TPSA) is 114 Å². The van der Waals surface area contributed by atoms with E-state index in [0.29, 0.717) is 15.8 Å². The zero-order chi connectivity index (χ0) is 18.0. The molecule has 0 spiro atoms. The van der Waals surface area contributed by atoms with Crippen LogP contribution in [0.25, 0.3) is 10.8 Å². The maximum absolute atomic E-state index is 12.3. The smallest absolute Gasteiger partial charge is 0.328 e. The Morgan fingerprint density at radius 3 is 2.24 bits per heavy atom. The molecule has 2 aromatic carbocycles. The lowest BCUT2D eigenvalue weighted by Gasteiger charge is -2.12.